The molecular formula is C44H50N2+2. The van der Waals surface area contributed by atoms with Crippen molar-refractivity contribution in [2.75, 3.05) is 0 Å². The van der Waals surface area contributed by atoms with Gasteiger partial charge in [-0.15, -0.1) is 0 Å². The molecule has 7 rings (SSSR count). The Kier molecular flexibility index (Phi) is 8.17. The zero-order chi connectivity index (χ0) is 31.9. The molecular weight excluding hydrogens is 556 g/mol. The van der Waals surface area contributed by atoms with Gasteiger partial charge >= 0.3 is 0 Å². The van der Waals surface area contributed by atoms with Crippen LogP contribution in [0.5, 0.6) is 0 Å². The van der Waals surface area contributed by atoms with E-state index in [4.69, 9.17) is 0 Å². The normalized spacial score (nSPS) is 21.9. The molecule has 2 aromatic heterocycles. The van der Waals surface area contributed by atoms with E-state index in [9.17, 15) is 0 Å². The Bertz CT molecular complexity index is 1860. The van der Waals surface area contributed by atoms with E-state index in [2.05, 4.69) is 159 Å². The first-order valence-electron chi connectivity index (χ1n) is 17.8. The summed E-state index contributed by atoms with van der Waals surface area (Å²) in [7, 11) is 0. The van der Waals surface area contributed by atoms with Gasteiger partial charge in [0.05, 0.1) is 16.9 Å². The Morgan fingerprint density at radius 1 is 0.761 bits per heavy atom. The third-order valence-electron chi connectivity index (χ3n) is 11.9. The van der Waals surface area contributed by atoms with Crippen molar-refractivity contribution in [3.8, 4) is 33.6 Å². The zero-order valence-corrected chi connectivity index (χ0v) is 28.5. The second-order valence-corrected chi connectivity index (χ2v) is 14.1. The summed E-state index contributed by atoms with van der Waals surface area (Å²) >= 11 is 0. The molecule has 0 amide bonds. The van der Waals surface area contributed by atoms with Crippen LogP contribution in [0.2, 0.25) is 0 Å². The van der Waals surface area contributed by atoms with Crippen LogP contribution >= 0.6 is 0 Å². The molecule has 2 heteroatoms. The monoisotopic (exact) mass is 606 g/mol. The lowest BCUT2D eigenvalue weighted by Gasteiger charge is -2.49. The second-order valence-electron chi connectivity index (χ2n) is 14.1. The Morgan fingerprint density at radius 2 is 1.48 bits per heavy atom. The number of hydrogen-bond acceptors (Lipinski definition) is 0. The molecule has 0 saturated heterocycles. The fraction of sp³-hybridized carbons (Fsp3) is 0.364. The highest BCUT2D eigenvalue weighted by molar-refractivity contribution is 5.72. The maximum atomic E-state index is 2.78. The van der Waals surface area contributed by atoms with Gasteiger partial charge < -0.3 is 0 Å². The number of rotatable bonds is 9. The molecule has 0 bridgehead atoms. The van der Waals surface area contributed by atoms with Crippen molar-refractivity contribution >= 4 is 0 Å². The summed E-state index contributed by atoms with van der Waals surface area (Å²) < 4.78 is 5.28. The van der Waals surface area contributed by atoms with Crippen LogP contribution in [0.4, 0.5) is 0 Å². The van der Waals surface area contributed by atoms with Crippen molar-refractivity contribution in [2.24, 2.45) is 0 Å². The van der Waals surface area contributed by atoms with Crippen LogP contribution in [-0.2, 0) is 17.5 Å². The van der Waals surface area contributed by atoms with Crippen molar-refractivity contribution < 1.29 is 9.13 Å². The highest BCUT2D eigenvalue weighted by Gasteiger charge is 2.61. The van der Waals surface area contributed by atoms with E-state index >= 15 is 0 Å². The fourth-order valence-corrected chi connectivity index (χ4v) is 9.20. The third-order valence-corrected chi connectivity index (χ3v) is 11.9. The summed E-state index contributed by atoms with van der Waals surface area (Å²) in [4.78, 5) is 0. The summed E-state index contributed by atoms with van der Waals surface area (Å²) in [5, 5.41) is 0. The number of nitrogens with zero attached hydrogens (tertiary/aromatic N) is 2. The lowest BCUT2D eigenvalue weighted by atomic mass is 9.56. The standard InChI is InChI=1S/C44H50N2/c1-6-9-19-32(4)38-28-42-37-24-15-16-25-40(37)43(5,7-2)44(8-3,46(42)31-39(38)33-20-11-10-12-21-33)29-34-30-45-27-18-17-26-41(45)36-23-14-13-22-35(34)36/h10-18,20-28,31-32,34H,6-9,19,29-30H2,1-5H3/q+2. The maximum Gasteiger partial charge on any atom is 0.213 e. The topological polar surface area (TPSA) is 7.76 Å². The van der Waals surface area contributed by atoms with Crippen LogP contribution in [0.15, 0.2) is 116 Å². The maximum absolute atomic E-state index is 2.78. The minimum absolute atomic E-state index is 0.0457. The van der Waals surface area contributed by atoms with Crippen LogP contribution < -0.4 is 9.13 Å². The summed E-state index contributed by atoms with van der Waals surface area (Å²) in [5.41, 5.74) is 12.6. The molecule has 5 aromatic rings. The van der Waals surface area contributed by atoms with Crippen molar-refractivity contribution in [2.45, 2.75) is 102 Å². The van der Waals surface area contributed by atoms with Gasteiger partial charge in [0.1, 0.15) is 0 Å². The van der Waals surface area contributed by atoms with E-state index in [1.807, 2.05) is 0 Å². The average molecular weight is 607 g/mol. The van der Waals surface area contributed by atoms with E-state index in [1.165, 1.54) is 69.6 Å². The molecule has 0 fully saturated rings. The van der Waals surface area contributed by atoms with Gasteiger partial charge in [0.25, 0.3) is 0 Å². The molecule has 0 N–H and O–H groups in total. The van der Waals surface area contributed by atoms with Gasteiger partial charge in [0.2, 0.25) is 11.4 Å². The molecule has 2 nitrogen and oxygen atoms in total. The highest BCUT2D eigenvalue weighted by atomic mass is 15.1. The first-order valence-corrected chi connectivity index (χ1v) is 17.8. The average Bonchev–Trinajstić information content (AvgIpc) is 3.12. The Labute approximate surface area is 276 Å². The van der Waals surface area contributed by atoms with Crippen LogP contribution in [0, 0.1) is 0 Å². The smallest absolute Gasteiger partial charge is 0.198 e. The molecule has 234 valence electrons. The number of fused-ring (bicyclic) bond motifs is 6. The SMILES string of the molecule is CCCCC(C)c1cc2[n+](cc1-c1ccccc1)C(CC)(CC1C[n+]3ccccc3-c3ccccc31)C(C)(CC)c1ccccc1-2. The number of hydrogen-bond donors (Lipinski definition) is 0. The van der Waals surface area contributed by atoms with E-state index in [0.717, 1.165) is 25.8 Å². The summed E-state index contributed by atoms with van der Waals surface area (Å²) in [6.45, 7) is 13.2. The first kappa shape index (κ1) is 30.6. The zero-order valence-electron chi connectivity index (χ0n) is 28.5. The Morgan fingerprint density at radius 3 is 2.24 bits per heavy atom. The van der Waals surface area contributed by atoms with Gasteiger partial charge in [-0.2, -0.15) is 9.13 Å². The molecule has 0 radical (unpaired) electrons. The molecule has 2 aliphatic rings. The van der Waals surface area contributed by atoms with Crippen molar-refractivity contribution in [1.82, 2.24) is 0 Å². The van der Waals surface area contributed by atoms with E-state index < -0.39 is 0 Å². The lowest BCUT2D eigenvalue weighted by molar-refractivity contribution is -0.772. The molecule has 3 aromatic carbocycles. The molecule has 2 aliphatic heterocycles. The predicted molar refractivity (Wildman–Crippen MR) is 191 cm³/mol. The van der Waals surface area contributed by atoms with Crippen molar-refractivity contribution in [3.05, 3.63) is 132 Å². The molecule has 4 heterocycles. The number of pyridine rings is 2. The van der Waals surface area contributed by atoms with E-state index in [-0.39, 0.29) is 11.0 Å². The van der Waals surface area contributed by atoms with Crippen molar-refractivity contribution in [3.63, 3.8) is 0 Å². The summed E-state index contributed by atoms with van der Waals surface area (Å²) in [6, 6.07) is 39.0. The van der Waals surface area contributed by atoms with E-state index in [1.54, 1.807) is 0 Å². The summed E-state index contributed by atoms with van der Waals surface area (Å²) in [6.07, 6.45) is 11.8. The number of benzene rings is 3. The first-order chi connectivity index (χ1) is 22.5. The van der Waals surface area contributed by atoms with Gasteiger partial charge in [-0.25, -0.2) is 0 Å². The van der Waals surface area contributed by atoms with Crippen LogP contribution in [0.25, 0.3) is 33.6 Å². The number of unbranched alkanes of at least 4 members (excludes halogenated alkanes) is 1. The van der Waals surface area contributed by atoms with Crippen LogP contribution in [0.1, 0.15) is 102 Å². The molecule has 0 saturated carbocycles. The third kappa shape index (κ3) is 4.75. The molecule has 46 heavy (non-hydrogen) atoms. The predicted octanol–water partition coefficient (Wildman–Crippen LogP) is 10.5. The largest absolute Gasteiger partial charge is 0.213 e. The second kappa shape index (κ2) is 12.3. The minimum atomic E-state index is -0.120. The quantitative estimate of drug-likeness (QED) is 0.148. The molecule has 4 atom stereocenters. The molecule has 0 spiro atoms. The van der Waals surface area contributed by atoms with Gasteiger partial charge in [-0.1, -0.05) is 107 Å². The van der Waals surface area contributed by atoms with E-state index in [0.29, 0.717) is 11.8 Å². The Balaban J connectivity index is 1.49. The highest BCUT2D eigenvalue weighted by Crippen LogP contribution is 2.54. The number of aromatic nitrogens is 2. The Hall–Kier alpha value is -4.04. The lowest BCUT2D eigenvalue weighted by Crippen LogP contribution is -2.70. The fourth-order valence-electron chi connectivity index (χ4n) is 9.20. The van der Waals surface area contributed by atoms with Gasteiger partial charge in [0.15, 0.2) is 24.5 Å². The van der Waals surface area contributed by atoms with Gasteiger partial charge in [-0.3, -0.25) is 0 Å². The molecule has 4 unspecified atom stereocenters. The van der Waals surface area contributed by atoms with Crippen LogP contribution in [-0.4, -0.2) is 0 Å². The van der Waals surface area contributed by atoms with Crippen LogP contribution in [0.3, 0.4) is 0 Å². The van der Waals surface area contributed by atoms with Gasteiger partial charge in [-0.05, 0) is 66.1 Å². The molecule has 0 aliphatic carbocycles. The summed E-state index contributed by atoms with van der Waals surface area (Å²) in [5.74, 6) is 0.887. The van der Waals surface area contributed by atoms with Gasteiger partial charge in [0, 0.05) is 42.2 Å². The van der Waals surface area contributed by atoms with Crippen molar-refractivity contribution in [1.29, 1.82) is 0 Å². The minimum Gasteiger partial charge on any atom is -0.198 e.